The van der Waals surface area contributed by atoms with Gasteiger partial charge < -0.3 is 10.5 Å². The molecule has 5 heteroatoms. The molecule has 0 saturated heterocycles. The summed E-state index contributed by atoms with van der Waals surface area (Å²) in [4.78, 5) is 15.7. The van der Waals surface area contributed by atoms with Crippen molar-refractivity contribution in [3.63, 3.8) is 0 Å². The Morgan fingerprint density at radius 3 is 2.47 bits per heavy atom. The number of nitrogens with zero attached hydrogens (tertiary/aromatic N) is 1. The first kappa shape index (κ1) is 16.0. The summed E-state index contributed by atoms with van der Waals surface area (Å²) < 4.78 is 5.29. The molecule has 2 unspecified atom stereocenters. The van der Waals surface area contributed by atoms with Crippen LogP contribution in [0.4, 0.5) is 0 Å². The highest BCUT2D eigenvalue weighted by atomic mass is 32.2. The predicted molar refractivity (Wildman–Crippen MR) is 78.9 cm³/mol. The summed E-state index contributed by atoms with van der Waals surface area (Å²) in [5.74, 6) is 0.0865. The van der Waals surface area contributed by atoms with Crippen molar-refractivity contribution in [2.45, 2.75) is 44.6 Å². The number of esters is 1. The molecule has 4 nitrogen and oxygen atoms in total. The van der Waals surface area contributed by atoms with Crippen molar-refractivity contribution >= 4 is 17.7 Å². The Hall–Kier alpha value is -1.07. The van der Waals surface area contributed by atoms with Crippen LogP contribution in [-0.2, 0) is 9.53 Å². The van der Waals surface area contributed by atoms with E-state index in [0.29, 0.717) is 5.75 Å². The van der Waals surface area contributed by atoms with E-state index in [1.54, 1.807) is 12.4 Å². The van der Waals surface area contributed by atoms with Gasteiger partial charge in [-0.2, -0.15) is 0 Å². The van der Waals surface area contributed by atoms with Crippen LogP contribution in [-0.4, -0.2) is 28.3 Å². The van der Waals surface area contributed by atoms with Crippen LogP contribution in [0.2, 0.25) is 0 Å². The van der Waals surface area contributed by atoms with E-state index in [1.165, 1.54) is 11.8 Å². The highest BCUT2D eigenvalue weighted by molar-refractivity contribution is 8.00. The minimum absolute atomic E-state index is 0.0464. The maximum absolute atomic E-state index is 11.7. The number of aromatic nitrogens is 1. The molecule has 106 valence electrons. The van der Waals surface area contributed by atoms with Crippen molar-refractivity contribution in [3.05, 3.63) is 30.1 Å². The maximum atomic E-state index is 11.7. The van der Waals surface area contributed by atoms with Crippen molar-refractivity contribution < 1.29 is 9.53 Å². The van der Waals surface area contributed by atoms with Gasteiger partial charge in [-0.15, -0.1) is 11.8 Å². The first-order chi connectivity index (χ1) is 8.79. The highest BCUT2D eigenvalue weighted by Crippen LogP contribution is 2.31. The number of hydrogen-bond donors (Lipinski definition) is 1. The van der Waals surface area contributed by atoms with Gasteiger partial charge in [-0.1, -0.05) is 0 Å². The molecule has 0 aliphatic heterocycles. The summed E-state index contributed by atoms with van der Waals surface area (Å²) in [5, 5.41) is 0.0653. The fourth-order valence-corrected chi connectivity index (χ4v) is 2.66. The van der Waals surface area contributed by atoms with Gasteiger partial charge in [0, 0.05) is 23.7 Å². The lowest BCUT2D eigenvalue weighted by molar-refractivity contribution is -0.151. The molecular formula is C14H22N2O2S. The van der Waals surface area contributed by atoms with E-state index >= 15 is 0 Å². The summed E-state index contributed by atoms with van der Waals surface area (Å²) in [6.45, 7) is 7.53. The quantitative estimate of drug-likeness (QED) is 0.841. The minimum Gasteiger partial charge on any atom is -0.459 e. The molecule has 1 rings (SSSR count). The van der Waals surface area contributed by atoms with Crippen molar-refractivity contribution in [2.24, 2.45) is 5.73 Å². The molecule has 0 aliphatic rings. The van der Waals surface area contributed by atoms with Gasteiger partial charge in [0.2, 0.25) is 0 Å². The van der Waals surface area contributed by atoms with Gasteiger partial charge >= 0.3 is 5.97 Å². The van der Waals surface area contributed by atoms with E-state index in [0.717, 1.165) is 5.56 Å². The van der Waals surface area contributed by atoms with Crippen molar-refractivity contribution in [2.75, 3.05) is 5.75 Å². The topological polar surface area (TPSA) is 65.2 Å². The fourth-order valence-electron chi connectivity index (χ4n) is 1.63. The minimum atomic E-state index is -0.446. The van der Waals surface area contributed by atoms with E-state index in [9.17, 15) is 4.79 Å². The predicted octanol–water partition coefficient (Wildman–Crippen LogP) is 2.54. The zero-order chi connectivity index (χ0) is 14.5. The normalized spacial score (nSPS) is 14.8. The van der Waals surface area contributed by atoms with Crippen LogP contribution in [0, 0.1) is 0 Å². The number of thioether (sulfide) groups is 1. The van der Waals surface area contributed by atoms with Gasteiger partial charge in [0.05, 0.1) is 5.75 Å². The summed E-state index contributed by atoms with van der Waals surface area (Å²) in [6.07, 6.45) is 3.47. The van der Waals surface area contributed by atoms with Gasteiger partial charge in [-0.3, -0.25) is 9.78 Å². The third-order valence-electron chi connectivity index (χ3n) is 2.31. The molecule has 2 atom stereocenters. The van der Waals surface area contributed by atoms with Gasteiger partial charge in [0.1, 0.15) is 5.60 Å². The fraction of sp³-hybridized carbons (Fsp3) is 0.571. The summed E-state index contributed by atoms with van der Waals surface area (Å²) >= 11 is 1.50. The molecule has 19 heavy (non-hydrogen) atoms. The highest BCUT2D eigenvalue weighted by Gasteiger charge is 2.21. The Bertz CT molecular complexity index is 402. The van der Waals surface area contributed by atoms with Crippen LogP contribution in [0.3, 0.4) is 0 Å². The van der Waals surface area contributed by atoms with Crippen LogP contribution in [0.15, 0.2) is 24.5 Å². The molecule has 0 radical (unpaired) electrons. The van der Waals surface area contributed by atoms with Crippen molar-refractivity contribution in [1.82, 2.24) is 4.98 Å². The Morgan fingerprint density at radius 2 is 2.00 bits per heavy atom. The van der Waals surface area contributed by atoms with E-state index in [-0.39, 0.29) is 17.3 Å². The molecule has 1 heterocycles. The Morgan fingerprint density at radius 1 is 1.42 bits per heavy atom. The van der Waals surface area contributed by atoms with Gasteiger partial charge in [-0.05, 0) is 45.4 Å². The van der Waals surface area contributed by atoms with E-state index in [1.807, 2.05) is 39.8 Å². The maximum Gasteiger partial charge on any atom is 0.316 e. The molecule has 0 bridgehead atoms. The summed E-state index contributed by atoms with van der Waals surface area (Å²) in [5.41, 5.74) is 6.62. The molecule has 0 spiro atoms. The average molecular weight is 282 g/mol. The number of hydrogen-bond acceptors (Lipinski definition) is 5. The molecule has 2 N–H and O–H groups in total. The second-order valence-corrected chi connectivity index (χ2v) is 6.59. The first-order valence-electron chi connectivity index (χ1n) is 6.28. The van der Waals surface area contributed by atoms with Gasteiger partial charge in [0.15, 0.2) is 0 Å². The number of pyridine rings is 1. The van der Waals surface area contributed by atoms with Gasteiger partial charge in [0.25, 0.3) is 0 Å². The van der Waals surface area contributed by atoms with E-state index < -0.39 is 5.60 Å². The van der Waals surface area contributed by atoms with Gasteiger partial charge in [-0.25, -0.2) is 0 Å². The molecule has 0 aliphatic carbocycles. The molecule has 0 amide bonds. The second kappa shape index (κ2) is 6.91. The summed E-state index contributed by atoms with van der Waals surface area (Å²) in [7, 11) is 0. The second-order valence-electron chi connectivity index (χ2n) is 5.46. The third kappa shape index (κ3) is 6.07. The monoisotopic (exact) mass is 282 g/mol. The summed E-state index contributed by atoms with van der Waals surface area (Å²) in [6, 6.07) is 3.81. The van der Waals surface area contributed by atoms with Crippen LogP contribution < -0.4 is 5.73 Å². The molecular weight excluding hydrogens is 260 g/mol. The molecule has 0 aromatic carbocycles. The zero-order valence-corrected chi connectivity index (χ0v) is 12.7. The van der Waals surface area contributed by atoms with Crippen LogP contribution >= 0.6 is 11.8 Å². The third-order valence-corrected chi connectivity index (χ3v) is 3.78. The molecule has 1 aromatic rings. The Balaban J connectivity index is 2.59. The van der Waals surface area contributed by atoms with Crippen molar-refractivity contribution in [3.8, 4) is 0 Å². The van der Waals surface area contributed by atoms with Crippen molar-refractivity contribution in [1.29, 1.82) is 0 Å². The Kier molecular flexibility index (Phi) is 5.82. The lowest BCUT2D eigenvalue weighted by atomic mass is 10.1. The zero-order valence-electron chi connectivity index (χ0n) is 11.9. The van der Waals surface area contributed by atoms with Crippen LogP contribution in [0.25, 0.3) is 0 Å². The van der Waals surface area contributed by atoms with Crippen LogP contribution in [0.1, 0.15) is 38.5 Å². The first-order valence-corrected chi connectivity index (χ1v) is 7.33. The number of carbonyl (C=O) groups is 1. The Labute approximate surface area is 119 Å². The van der Waals surface area contributed by atoms with E-state index in [2.05, 4.69) is 4.98 Å². The molecule has 0 fully saturated rings. The van der Waals surface area contributed by atoms with Crippen LogP contribution in [0.5, 0.6) is 0 Å². The number of ether oxygens (including phenoxy) is 1. The smallest absolute Gasteiger partial charge is 0.316 e. The number of carbonyl (C=O) groups excluding carboxylic acids is 1. The molecule has 1 aromatic heterocycles. The lowest BCUT2D eigenvalue weighted by Gasteiger charge is -2.22. The molecule has 0 saturated carbocycles. The number of rotatable bonds is 5. The van der Waals surface area contributed by atoms with E-state index in [4.69, 9.17) is 10.5 Å². The number of nitrogens with two attached hydrogens (primary N) is 1. The standard InChI is InChI=1S/C14H22N2O2S/c1-10(15)13(11-5-7-16-8-6-11)19-9-12(17)18-14(2,3)4/h5-8,10,13H,9,15H2,1-4H3. The largest absolute Gasteiger partial charge is 0.459 e. The average Bonchev–Trinajstić information content (AvgIpc) is 2.27. The SMILES string of the molecule is CC(N)C(SCC(=O)OC(C)(C)C)c1ccncc1. The lowest BCUT2D eigenvalue weighted by Crippen LogP contribution is -2.27.